The Balaban J connectivity index is 3.18. The second-order valence-electron chi connectivity index (χ2n) is 6.76. The van der Waals surface area contributed by atoms with Gasteiger partial charge in [-0.3, -0.25) is 4.55 Å². The van der Waals surface area contributed by atoms with E-state index in [2.05, 4.69) is 6.92 Å². The Hall–Kier alpha value is -0.130. The lowest BCUT2D eigenvalue weighted by Crippen LogP contribution is -2.05. The first-order valence-electron chi connectivity index (χ1n) is 9.59. The molecule has 0 saturated carbocycles. The van der Waals surface area contributed by atoms with Crippen molar-refractivity contribution in [3.63, 3.8) is 0 Å². The number of rotatable bonds is 17. The molecule has 0 heterocycles. The van der Waals surface area contributed by atoms with Crippen LogP contribution < -0.4 is 0 Å². The van der Waals surface area contributed by atoms with Crippen molar-refractivity contribution in [2.75, 3.05) is 5.75 Å². The molecule has 0 aliphatic rings. The zero-order valence-electron chi connectivity index (χ0n) is 15.0. The molecule has 2 N–H and O–H groups in total. The predicted octanol–water partition coefficient (Wildman–Crippen LogP) is 5.11. The van der Waals surface area contributed by atoms with E-state index in [1.54, 1.807) is 0 Å². The first kappa shape index (κ1) is 22.9. The number of unbranched alkanes of at least 4 members (excludes halogenated alkanes) is 11. The quantitative estimate of drug-likeness (QED) is 0.282. The molecule has 1 atom stereocenters. The maximum absolute atomic E-state index is 10.5. The van der Waals surface area contributed by atoms with Crippen LogP contribution in [0.1, 0.15) is 103 Å². The highest BCUT2D eigenvalue weighted by Gasteiger charge is 2.04. The number of aliphatic hydroxyl groups excluding tert-OH is 1. The first-order chi connectivity index (χ1) is 11.0. The van der Waals surface area contributed by atoms with Crippen molar-refractivity contribution < 1.29 is 18.1 Å². The average Bonchev–Trinajstić information content (AvgIpc) is 2.48. The monoisotopic (exact) mass is 350 g/mol. The molecule has 0 aromatic carbocycles. The third-order valence-corrected chi connectivity index (χ3v) is 5.14. The summed E-state index contributed by atoms with van der Waals surface area (Å²) in [6.07, 6.45) is 16.4. The van der Waals surface area contributed by atoms with Crippen LogP contribution >= 0.6 is 0 Å². The standard InChI is InChI=1S/C18H38O4S/c1-2-3-4-12-15-18(19)16-13-10-8-6-5-7-9-11-14-17-23(20,21)22/h18-19H,2-17H2,1H3,(H,20,21,22). The van der Waals surface area contributed by atoms with Gasteiger partial charge in [-0.2, -0.15) is 8.42 Å². The molecule has 0 aromatic rings. The minimum absolute atomic E-state index is 0.102. The normalized spacial score (nSPS) is 13.3. The lowest BCUT2D eigenvalue weighted by molar-refractivity contribution is 0.147. The molecule has 0 rings (SSSR count). The van der Waals surface area contributed by atoms with Gasteiger partial charge in [-0.1, -0.05) is 84.0 Å². The Morgan fingerprint density at radius 2 is 1.09 bits per heavy atom. The van der Waals surface area contributed by atoms with Gasteiger partial charge in [0.05, 0.1) is 11.9 Å². The van der Waals surface area contributed by atoms with Gasteiger partial charge in [-0.05, 0) is 19.3 Å². The van der Waals surface area contributed by atoms with E-state index in [0.717, 1.165) is 44.9 Å². The number of hydrogen-bond acceptors (Lipinski definition) is 3. The van der Waals surface area contributed by atoms with Crippen LogP contribution in [0.4, 0.5) is 0 Å². The zero-order valence-corrected chi connectivity index (χ0v) is 15.8. The van der Waals surface area contributed by atoms with E-state index in [9.17, 15) is 13.5 Å². The summed E-state index contributed by atoms with van der Waals surface area (Å²) in [7, 11) is -3.77. The van der Waals surface area contributed by atoms with Gasteiger partial charge >= 0.3 is 0 Å². The largest absolute Gasteiger partial charge is 0.393 e. The molecule has 0 saturated heterocycles. The summed E-state index contributed by atoms with van der Waals surface area (Å²) >= 11 is 0. The van der Waals surface area contributed by atoms with Gasteiger partial charge in [-0.25, -0.2) is 0 Å². The van der Waals surface area contributed by atoms with Crippen molar-refractivity contribution in [1.82, 2.24) is 0 Å². The molecule has 1 unspecified atom stereocenters. The first-order valence-corrected chi connectivity index (χ1v) is 11.2. The van der Waals surface area contributed by atoms with Crippen molar-refractivity contribution in [2.24, 2.45) is 0 Å². The van der Waals surface area contributed by atoms with Crippen LogP contribution in [0.2, 0.25) is 0 Å². The zero-order chi connectivity index (χ0) is 17.4. The molecule has 140 valence electrons. The molecule has 0 radical (unpaired) electrons. The smallest absolute Gasteiger partial charge is 0.264 e. The highest BCUT2D eigenvalue weighted by atomic mass is 32.2. The molecule has 23 heavy (non-hydrogen) atoms. The van der Waals surface area contributed by atoms with Gasteiger partial charge in [0.15, 0.2) is 0 Å². The minimum atomic E-state index is -3.77. The van der Waals surface area contributed by atoms with Gasteiger partial charge < -0.3 is 5.11 Å². The van der Waals surface area contributed by atoms with E-state index in [-0.39, 0.29) is 11.9 Å². The molecule has 5 heteroatoms. The highest BCUT2D eigenvalue weighted by Crippen LogP contribution is 2.14. The fraction of sp³-hybridized carbons (Fsp3) is 1.00. The molecule has 0 fully saturated rings. The molecule has 0 aromatic heterocycles. The van der Waals surface area contributed by atoms with E-state index in [1.807, 2.05) is 0 Å². The summed E-state index contributed by atoms with van der Waals surface area (Å²) in [4.78, 5) is 0. The fourth-order valence-electron chi connectivity index (χ4n) is 2.85. The van der Waals surface area contributed by atoms with E-state index in [4.69, 9.17) is 4.55 Å². The van der Waals surface area contributed by atoms with Crippen LogP contribution in [0.3, 0.4) is 0 Å². The summed E-state index contributed by atoms with van der Waals surface area (Å²) in [5, 5.41) is 9.87. The van der Waals surface area contributed by atoms with Gasteiger partial charge in [-0.15, -0.1) is 0 Å². The number of hydrogen-bond donors (Lipinski definition) is 2. The Bertz CT molecular complexity index is 341. The van der Waals surface area contributed by atoms with E-state index < -0.39 is 10.1 Å². The Morgan fingerprint density at radius 3 is 1.52 bits per heavy atom. The Kier molecular flexibility index (Phi) is 15.3. The van der Waals surface area contributed by atoms with Gasteiger partial charge in [0.25, 0.3) is 10.1 Å². The third kappa shape index (κ3) is 19.8. The fourth-order valence-corrected chi connectivity index (χ4v) is 3.42. The number of aliphatic hydroxyl groups is 1. The van der Waals surface area contributed by atoms with Crippen LogP contribution in [-0.4, -0.2) is 29.9 Å². The molecule has 4 nitrogen and oxygen atoms in total. The average molecular weight is 351 g/mol. The van der Waals surface area contributed by atoms with Crippen molar-refractivity contribution in [2.45, 2.75) is 109 Å². The molecule has 0 aliphatic heterocycles. The predicted molar refractivity (Wildman–Crippen MR) is 97.4 cm³/mol. The van der Waals surface area contributed by atoms with E-state index in [1.165, 1.54) is 44.9 Å². The second-order valence-corrected chi connectivity index (χ2v) is 8.33. The third-order valence-electron chi connectivity index (χ3n) is 4.33. The van der Waals surface area contributed by atoms with Crippen molar-refractivity contribution in [1.29, 1.82) is 0 Å². The Morgan fingerprint density at radius 1 is 0.696 bits per heavy atom. The molecule has 0 spiro atoms. The lowest BCUT2D eigenvalue weighted by Gasteiger charge is -2.10. The van der Waals surface area contributed by atoms with Crippen molar-refractivity contribution in [3.05, 3.63) is 0 Å². The highest BCUT2D eigenvalue weighted by molar-refractivity contribution is 7.85. The van der Waals surface area contributed by atoms with Gasteiger partial charge in [0.2, 0.25) is 0 Å². The van der Waals surface area contributed by atoms with Crippen molar-refractivity contribution >= 4 is 10.1 Å². The molecular weight excluding hydrogens is 312 g/mol. The summed E-state index contributed by atoms with van der Waals surface area (Å²) in [5.74, 6) is -0.103. The van der Waals surface area contributed by atoms with Crippen LogP contribution in [0.15, 0.2) is 0 Å². The van der Waals surface area contributed by atoms with Gasteiger partial charge in [0, 0.05) is 0 Å². The summed E-state index contributed by atoms with van der Waals surface area (Å²) in [5.41, 5.74) is 0. The summed E-state index contributed by atoms with van der Waals surface area (Å²) in [6.45, 7) is 2.20. The van der Waals surface area contributed by atoms with E-state index in [0.29, 0.717) is 6.42 Å². The molecule has 0 aliphatic carbocycles. The maximum atomic E-state index is 10.5. The molecular formula is C18H38O4S. The SMILES string of the molecule is CCCCCCC(O)CCCCCCCCCCCS(=O)(=O)O. The van der Waals surface area contributed by atoms with Crippen molar-refractivity contribution in [3.8, 4) is 0 Å². The topological polar surface area (TPSA) is 74.6 Å². The van der Waals surface area contributed by atoms with E-state index >= 15 is 0 Å². The summed E-state index contributed by atoms with van der Waals surface area (Å²) in [6, 6.07) is 0. The summed E-state index contributed by atoms with van der Waals surface area (Å²) < 4.78 is 29.7. The molecule has 0 bridgehead atoms. The second kappa shape index (κ2) is 15.4. The molecule has 0 amide bonds. The lowest BCUT2D eigenvalue weighted by atomic mass is 10.0. The minimum Gasteiger partial charge on any atom is -0.393 e. The van der Waals surface area contributed by atoms with Crippen LogP contribution in [0, 0.1) is 0 Å². The van der Waals surface area contributed by atoms with Crippen LogP contribution in [0.25, 0.3) is 0 Å². The van der Waals surface area contributed by atoms with Crippen LogP contribution in [-0.2, 0) is 10.1 Å². The maximum Gasteiger partial charge on any atom is 0.264 e. The van der Waals surface area contributed by atoms with Gasteiger partial charge in [0.1, 0.15) is 0 Å². The van der Waals surface area contributed by atoms with Crippen LogP contribution in [0.5, 0.6) is 0 Å². The Labute approximate surface area is 143 Å².